The van der Waals surface area contributed by atoms with Crippen LogP contribution in [0, 0.1) is 10.1 Å². The minimum atomic E-state index is -0.612. The Morgan fingerprint density at radius 2 is 1.93 bits per heavy atom. The molecule has 138 valence electrons. The maximum absolute atomic E-state index is 12.2. The van der Waals surface area contributed by atoms with Crippen LogP contribution in [0.2, 0.25) is 0 Å². The predicted molar refractivity (Wildman–Crippen MR) is 97.0 cm³/mol. The zero-order chi connectivity index (χ0) is 19.2. The maximum atomic E-state index is 12.2. The average Bonchev–Trinajstić information content (AvgIpc) is 3.16. The zero-order valence-corrected chi connectivity index (χ0v) is 14.3. The van der Waals surface area contributed by atoms with Crippen LogP contribution in [0.3, 0.4) is 0 Å². The molecule has 9 nitrogen and oxygen atoms in total. The molecule has 2 aromatic heterocycles. The second kappa shape index (κ2) is 8.09. The van der Waals surface area contributed by atoms with E-state index in [1.165, 1.54) is 0 Å². The van der Waals surface area contributed by atoms with Gasteiger partial charge in [0, 0.05) is 31.1 Å². The summed E-state index contributed by atoms with van der Waals surface area (Å²) < 4.78 is 2.80. The zero-order valence-electron chi connectivity index (χ0n) is 14.3. The van der Waals surface area contributed by atoms with E-state index in [1.807, 2.05) is 36.5 Å². The van der Waals surface area contributed by atoms with Gasteiger partial charge in [-0.3, -0.25) is 29.0 Å². The summed E-state index contributed by atoms with van der Waals surface area (Å²) in [6.07, 6.45) is 4.61. The van der Waals surface area contributed by atoms with Crippen molar-refractivity contribution in [3.05, 3.63) is 92.7 Å². The summed E-state index contributed by atoms with van der Waals surface area (Å²) >= 11 is 0. The SMILES string of the molecule is O=C(Cn1cc([N+](=O)[O-])ccc1=O)NCc1ccccc1Cn1cccn1. The van der Waals surface area contributed by atoms with Crippen LogP contribution in [0.25, 0.3) is 0 Å². The summed E-state index contributed by atoms with van der Waals surface area (Å²) in [6, 6.07) is 11.7. The maximum Gasteiger partial charge on any atom is 0.285 e. The smallest absolute Gasteiger partial charge is 0.285 e. The van der Waals surface area contributed by atoms with Crippen molar-refractivity contribution in [3.63, 3.8) is 0 Å². The minimum absolute atomic E-state index is 0.244. The van der Waals surface area contributed by atoms with E-state index in [9.17, 15) is 19.7 Å². The lowest BCUT2D eigenvalue weighted by Gasteiger charge is -2.11. The van der Waals surface area contributed by atoms with Crippen molar-refractivity contribution in [1.29, 1.82) is 0 Å². The molecule has 3 aromatic rings. The van der Waals surface area contributed by atoms with Crippen LogP contribution >= 0.6 is 0 Å². The molecule has 0 spiro atoms. The largest absolute Gasteiger partial charge is 0.350 e. The highest BCUT2D eigenvalue weighted by Gasteiger charge is 2.11. The summed E-state index contributed by atoms with van der Waals surface area (Å²) in [5.74, 6) is -0.411. The first-order valence-electron chi connectivity index (χ1n) is 8.19. The van der Waals surface area contributed by atoms with E-state index in [-0.39, 0.29) is 18.8 Å². The minimum Gasteiger partial charge on any atom is -0.350 e. The van der Waals surface area contributed by atoms with E-state index in [2.05, 4.69) is 10.4 Å². The molecular weight excluding hydrogens is 350 g/mol. The third-order valence-corrected chi connectivity index (χ3v) is 3.98. The third-order valence-electron chi connectivity index (χ3n) is 3.98. The van der Waals surface area contributed by atoms with E-state index >= 15 is 0 Å². The third kappa shape index (κ3) is 4.66. The van der Waals surface area contributed by atoms with Gasteiger partial charge in [0.2, 0.25) is 5.91 Å². The van der Waals surface area contributed by atoms with Crippen molar-refractivity contribution in [3.8, 4) is 0 Å². The van der Waals surface area contributed by atoms with Crippen LogP contribution in [-0.2, 0) is 24.4 Å². The molecule has 0 saturated heterocycles. The number of amides is 1. The van der Waals surface area contributed by atoms with Crippen LogP contribution in [0.1, 0.15) is 11.1 Å². The lowest BCUT2D eigenvalue weighted by Crippen LogP contribution is -2.31. The molecule has 0 saturated carbocycles. The van der Waals surface area contributed by atoms with Crippen molar-refractivity contribution in [2.45, 2.75) is 19.6 Å². The Labute approximate surface area is 154 Å². The number of nitrogens with zero attached hydrogens (tertiary/aromatic N) is 4. The first-order valence-corrected chi connectivity index (χ1v) is 8.19. The highest BCUT2D eigenvalue weighted by molar-refractivity contribution is 5.75. The number of rotatable bonds is 7. The van der Waals surface area contributed by atoms with Gasteiger partial charge in [0.1, 0.15) is 6.54 Å². The number of aromatic nitrogens is 3. The number of hydrogen-bond donors (Lipinski definition) is 1. The van der Waals surface area contributed by atoms with Gasteiger partial charge in [-0.1, -0.05) is 24.3 Å². The molecule has 0 radical (unpaired) electrons. The Balaban J connectivity index is 1.66. The molecule has 1 aromatic carbocycles. The summed E-state index contributed by atoms with van der Waals surface area (Å²) in [4.78, 5) is 34.2. The summed E-state index contributed by atoms with van der Waals surface area (Å²) in [5, 5.41) is 17.7. The van der Waals surface area contributed by atoms with Gasteiger partial charge in [0.25, 0.3) is 11.2 Å². The van der Waals surface area contributed by atoms with Crippen molar-refractivity contribution >= 4 is 11.6 Å². The average molecular weight is 367 g/mol. The van der Waals surface area contributed by atoms with Gasteiger partial charge in [-0.05, 0) is 17.2 Å². The number of hydrogen-bond acceptors (Lipinski definition) is 5. The van der Waals surface area contributed by atoms with Crippen LogP contribution in [0.15, 0.2) is 65.8 Å². The van der Waals surface area contributed by atoms with Gasteiger partial charge in [-0.15, -0.1) is 0 Å². The van der Waals surface area contributed by atoms with Crippen LogP contribution in [-0.4, -0.2) is 25.2 Å². The molecule has 2 heterocycles. The molecule has 0 aliphatic heterocycles. The second-order valence-electron chi connectivity index (χ2n) is 5.86. The van der Waals surface area contributed by atoms with Crippen molar-refractivity contribution in [2.75, 3.05) is 0 Å². The quantitative estimate of drug-likeness (QED) is 0.500. The number of pyridine rings is 1. The lowest BCUT2D eigenvalue weighted by atomic mass is 10.1. The number of carbonyl (C=O) groups is 1. The molecule has 0 unspecified atom stereocenters. The fourth-order valence-corrected chi connectivity index (χ4v) is 2.61. The molecular formula is C18H17N5O4. The predicted octanol–water partition coefficient (Wildman–Crippen LogP) is 1.32. The number of carbonyl (C=O) groups excluding carboxylic acids is 1. The van der Waals surface area contributed by atoms with Crippen molar-refractivity contribution in [1.82, 2.24) is 19.7 Å². The highest BCUT2D eigenvalue weighted by Crippen LogP contribution is 2.10. The molecule has 0 atom stereocenters. The van der Waals surface area contributed by atoms with Gasteiger partial charge in [0.05, 0.1) is 17.7 Å². The molecule has 9 heteroatoms. The standard InChI is InChI=1S/C18H17N5O4/c24-17(13-21-12-16(23(26)27)6-7-18(21)25)19-10-14-4-1-2-5-15(14)11-22-9-3-8-20-22/h1-9,12H,10-11,13H2,(H,19,24). The monoisotopic (exact) mass is 367 g/mol. The van der Waals surface area contributed by atoms with Crippen molar-refractivity contribution < 1.29 is 9.72 Å². The Morgan fingerprint density at radius 3 is 2.63 bits per heavy atom. The van der Waals surface area contributed by atoms with Gasteiger partial charge in [0.15, 0.2) is 0 Å². The Morgan fingerprint density at radius 1 is 1.15 bits per heavy atom. The van der Waals surface area contributed by atoms with E-state index in [1.54, 1.807) is 10.9 Å². The fraction of sp³-hybridized carbons (Fsp3) is 0.167. The first-order chi connectivity index (χ1) is 13.0. The normalized spacial score (nSPS) is 10.5. The van der Waals surface area contributed by atoms with E-state index < -0.39 is 16.4 Å². The molecule has 1 N–H and O–H groups in total. The van der Waals surface area contributed by atoms with Crippen LogP contribution in [0.5, 0.6) is 0 Å². The molecule has 0 fully saturated rings. The Hall–Kier alpha value is -3.75. The van der Waals surface area contributed by atoms with Gasteiger partial charge in [-0.2, -0.15) is 5.10 Å². The van der Waals surface area contributed by atoms with Crippen molar-refractivity contribution in [2.24, 2.45) is 0 Å². The van der Waals surface area contributed by atoms with Gasteiger partial charge >= 0.3 is 0 Å². The van der Waals surface area contributed by atoms with Gasteiger partial charge in [-0.25, -0.2) is 0 Å². The summed E-state index contributed by atoms with van der Waals surface area (Å²) in [5.41, 5.74) is 1.21. The number of nitro groups is 1. The second-order valence-corrected chi connectivity index (χ2v) is 5.86. The van der Waals surface area contributed by atoms with E-state index in [0.29, 0.717) is 6.54 Å². The topological polar surface area (TPSA) is 112 Å². The molecule has 1 amide bonds. The molecule has 0 bridgehead atoms. The van der Waals surface area contributed by atoms with Gasteiger partial charge < -0.3 is 5.32 Å². The summed E-state index contributed by atoms with van der Waals surface area (Å²) in [6.45, 7) is 0.561. The van der Waals surface area contributed by atoms with E-state index in [4.69, 9.17) is 0 Å². The Bertz CT molecular complexity index is 1010. The number of nitrogens with one attached hydrogen (secondary N) is 1. The molecule has 0 aliphatic rings. The van der Waals surface area contributed by atoms with Crippen LogP contribution < -0.4 is 10.9 Å². The fourth-order valence-electron chi connectivity index (χ4n) is 2.61. The van der Waals surface area contributed by atoms with E-state index in [0.717, 1.165) is 34.0 Å². The molecule has 0 aliphatic carbocycles. The Kier molecular flexibility index (Phi) is 5.41. The molecule has 27 heavy (non-hydrogen) atoms. The molecule has 3 rings (SSSR count). The first kappa shape index (κ1) is 18.1. The summed E-state index contributed by atoms with van der Waals surface area (Å²) in [7, 11) is 0. The highest BCUT2D eigenvalue weighted by atomic mass is 16.6. The van der Waals surface area contributed by atoms with Crippen LogP contribution in [0.4, 0.5) is 5.69 Å². The number of benzene rings is 1. The lowest BCUT2D eigenvalue weighted by molar-refractivity contribution is -0.385.